The van der Waals surface area contributed by atoms with Crippen LogP contribution in [0.4, 0.5) is 13.2 Å². The number of hydrogen-bond acceptors (Lipinski definition) is 4. The second-order valence-electron chi connectivity index (χ2n) is 3.78. The molecule has 2 N–H and O–H groups in total. The molecule has 5 nitrogen and oxygen atoms in total. The normalized spacial score (nSPS) is 15.2. The first-order valence-electron chi connectivity index (χ1n) is 5.31. The zero-order chi connectivity index (χ0) is 13.9. The predicted octanol–water partition coefficient (Wildman–Crippen LogP) is 1.51. The van der Waals surface area contributed by atoms with E-state index in [1.54, 1.807) is 6.92 Å². The maximum atomic E-state index is 12.8. The fraction of sp³-hybridized carbons (Fsp3) is 0.600. The largest absolute Gasteiger partial charge is 0.462 e. The van der Waals surface area contributed by atoms with Gasteiger partial charge in [-0.3, -0.25) is 4.68 Å². The van der Waals surface area contributed by atoms with Gasteiger partial charge in [0.25, 0.3) is 0 Å². The summed E-state index contributed by atoms with van der Waals surface area (Å²) >= 11 is 0. The highest BCUT2D eigenvalue weighted by molar-refractivity contribution is 5.88. The van der Waals surface area contributed by atoms with Crippen molar-refractivity contribution in [2.45, 2.75) is 32.1 Å². The number of esters is 1. The van der Waals surface area contributed by atoms with E-state index in [1.807, 2.05) is 0 Å². The summed E-state index contributed by atoms with van der Waals surface area (Å²) in [5.74, 6) is -0.714. The molecule has 0 saturated carbocycles. The maximum absolute atomic E-state index is 12.8. The maximum Gasteiger partial charge on any atom is 0.412 e. The van der Waals surface area contributed by atoms with Crippen LogP contribution in [0, 0.1) is 0 Å². The molecule has 1 rings (SSSR count). The number of alkyl halides is 3. The lowest BCUT2D eigenvalue weighted by Crippen LogP contribution is -2.40. The number of halogens is 3. The highest BCUT2D eigenvalue weighted by Crippen LogP contribution is 2.32. The van der Waals surface area contributed by atoms with E-state index < -0.39 is 24.2 Å². The molecule has 102 valence electrons. The number of carbonyl (C=O) groups excluding carboxylic acids is 1. The first-order valence-corrected chi connectivity index (χ1v) is 5.31. The summed E-state index contributed by atoms with van der Waals surface area (Å²) in [6.07, 6.45) is -2.52. The van der Waals surface area contributed by atoms with Crippen LogP contribution in [0.15, 0.2) is 12.4 Å². The van der Waals surface area contributed by atoms with E-state index in [0.717, 1.165) is 12.4 Å². The Bertz CT molecular complexity index is 415. The molecule has 18 heavy (non-hydrogen) atoms. The number of aromatic nitrogens is 2. The summed E-state index contributed by atoms with van der Waals surface area (Å²) in [6.45, 7) is 2.96. The van der Waals surface area contributed by atoms with Gasteiger partial charge in [0, 0.05) is 12.2 Å². The molecule has 0 aromatic carbocycles. The van der Waals surface area contributed by atoms with Crippen LogP contribution in [0.1, 0.15) is 30.2 Å². The fourth-order valence-electron chi connectivity index (χ4n) is 1.50. The minimum atomic E-state index is -4.54. The van der Waals surface area contributed by atoms with E-state index >= 15 is 0 Å². The first kappa shape index (κ1) is 14.5. The molecule has 0 bridgehead atoms. The highest BCUT2D eigenvalue weighted by Gasteiger charge is 2.44. The third kappa shape index (κ3) is 3.22. The summed E-state index contributed by atoms with van der Waals surface area (Å²) in [5.41, 5.74) is 5.27. The minimum Gasteiger partial charge on any atom is -0.462 e. The van der Waals surface area contributed by atoms with E-state index in [9.17, 15) is 18.0 Å². The van der Waals surface area contributed by atoms with Gasteiger partial charge in [-0.05, 0) is 13.8 Å². The average Bonchev–Trinajstić information content (AvgIpc) is 2.64. The van der Waals surface area contributed by atoms with Crippen LogP contribution in [-0.2, 0) is 4.74 Å². The number of nitrogens with zero attached hydrogens (tertiary/aromatic N) is 2. The zero-order valence-corrected chi connectivity index (χ0v) is 9.94. The molecule has 0 aliphatic rings. The van der Waals surface area contributed by atoms with Gasteiger partial charge in [-0.15, -0.1) is 0 Å². The molecule has 0 radical (unpaired) electrons. The van der Waals surface area contributed by atoms with Crippen molar-refractivity contribution in [2.24, 2.45) is 5.73 Å². The van der Waals surface area contributed by atoms with Crippen molar-refractivity contribution >= 4 is 5.97 Å². The van der Waals surface area contributed by atoms with E-state index in [1.165, 1.54) is 6.92 Å². The standard InChI is InChI=1S/C10H14F3N3O2/c1-3-18-9(17)7-4-15-16(5-7)8(6(2)14)10(11,12)13/h4-6,8H,3,14H2,1-2H3. The van der Waals surface area contributed by atoms with Gasteiger partial charge < -0.3 is 10.5 Å². The molecule has 1 aromatic heterocycles. The molecule has 0 amide bonds. The second-order valence-corrected chi connectivity index (χ2v) is 3.78. The molecule has 0 saturated heterocycles. The summed E-state index contributed by atoms with van der Waals surface area (Å²) in [7, 11) is 0. The van der Waals surface area contributed by atoms with Crippen LogP contribution < -0.4 is 5.73 Å². The van der Waals surface area contributed by atoms with Crippen LogP contribution in [0.2, 0.25) is 0 Å². The monoisotopic (exact) mass is 265 g/mol. The van der Waals surface area contributed by atoms with Crippen molar-refractivity contribution in [3.63, 3.8) is 0 Å². The number of hydrogen-bond donors (Lipinski definition) is 1. The van der Waals surface area contributed by atoms with E-state index in [2.05, 4.69) is 9.84 Å². The van der Waals surface area contributed by atoms with Crippen molar-refractivity contribution in [3.8, 4) is 0 Å². The van der Waals surface area contributed by atoms with Crippen molar-refractivity contribution in [2.75, 3.05) is 6.61 Å². The van der Waals surface area contributed by atoms with Crippen molar-refractivity contribution in [1.29, 1.82) is 0 Å². The molecule has 2 atom stereocenters. The zero-order valence-electron chi connectivity index (χ0n) is 9.94. The quantitative estimate of drug-likeness (QED) is 0.838. The number of carbonyl (C=O) groups is 1. The summed E-state index contributed by atoms with van der Waals surface area (Å²) < 4.78 is 43.6. The average molecular weight is 265 g/mol. The second kappa shape index (κ2) is 5.38. The Balaban J connectivity index is 2.99. The van der Waals surface area contributed by atoms with E-state index in [0.29, 0.717) is 4.68 Å². The number of ether oxygens (including phenoxy) is 1. The fourth-order valence-corrected chi connectivity index (χ4v) is 1.50. The smallest absolute Gasteiger partial charge is 0.412 e. The van der Waals surface area contributed by atoms with Gasteiger partial charge in [-0.25, -0.2) is 4.79 Å². The first-order chi connectivity index (χ1) is 8.27. The Hall–Kier alpha value is -1.57. The van der Waals surface area contributed by atoms with E-state index in [4.69, 9.17) is 5.73 Å². The van der Waals surface area contributed by atoms with Gasteiger partial charge in [-0.1, -0.05) is 0 Å². The van der Waals surface area contributed by atoms with Crippen molar-refractivity contribution in [1.82, 2.24) is 9.78 Å². The molecule has 0 aliphatic heterocycles. The number of rotatable bonds is 4. The topological polar surface area (TPSA) is 70.1 Å². The molecule has 0 aliphatic carbocycles. The molecule has 8 heteroatoms. The van der Waals surface area contributed by atoms with Gasteiger partial charge in [0.2, 0.25) is 0 Å². The Morgan fingerprint density at radius 2 is 2.22 bits per heavy atom. The molecule has 2 unspecified atom stereocenters. The Morgan fingerprint density at radius 1 is 1.61 bits per heavy atom. The van der Waals surface area contributed by atoms with Gasteiger partial charge in [0.05, 0.1) is 18.4 Å². The van der Waals surface area contributed by atoms with Crippen molar-refractivity contribution in [3.05, 3.63) is 18.0 Å². The number of nitrogens with two attached hydrogens (primary N) is 1. The van der Waals surface area contributed by atoms with Gasteiger partial charge in [0.15, 0.2) is 6.04 Å². The van der Waals surface area contributed by atoms with Crippen LogP contribution in [0.3, 0.4) is 0 Å². The predicted molar refractivity (Wildman–Crippen MR) is 56.9 cm³/mol. The minimum absolute atomic E-state index is 0.0354. The van der Waals surface area contributed by atoms with Gasteiger partial charge in [0.1, 0.15) is 0 Å². The molecular formula is C10H14F3N3O2. The Morgan fingerprint density at radius 3 is 2.67 bits per heavy atom. The van der Waals surface area contributed by atoms with Crippen LogP contribution >= 0.6 is 0 Å². The molecule has 0 fully saturated rings. The summed E-state index contributed by atoms with van der Waals surface area (Å²) in [4.78, 5) is 11.3. The van der Waals surface area contributed by atoms with Crippen LogP contribution in [0.5, 0.6) is 0 Å². The van der Waals surface area contributed by atoms with E-state index in [-0.39, 0.29) is 12.2 Å². The SMILES string of the molecule is CCOC(=O)c1cnn(C(C(C)N)C(F)(F)F)c1. The third-order valence-electron chi connectivity index (χ3n) is 2.23. The molecular weight excluding hydrogens is 251 g/mol. The summed E-state index contributed by atoms with van der Waals surface area (Å²) in [5, 5.41) is 3.52. The molecule has 0 spiro atoms. The van der Waals surface area contributed by atoms with Gasteiger partial charge in [-0.2, -0.15) is 18.3 Å². The lowest BCUT2D eigenvalue weighted by molar-refractivity contribution is -0.174. The van der Waals surface area contributed by atoms with Crippen LogP contribution in [-0.4, -0.2) is 34.6 Å². The van der Waals surface area contributed by atoms with Gasteiger partial charge >= 0.3 is 12.1 Å². The van der Waals surface area contributed by atoms with Crippen LogP contribution in [0.25, 0.3) is 0 Å². The third-order valence-corrected chi connectivity index (χ3v) is 2.23. The summed E-state index contributed by atoms with van der Waals surface area (Å²) in [6, 6.07) is -3.15. The molecule has 1 aromatic rings. The lowest BCUT2D eigenvalue weighted by atomic mass is 10.1. The lowest BCUT2D eigenvalue weighted by Gasteiger charge is -2.23. The Labute approximate surface area is 102 Å². The molecule has 1 heterocycles. The Kier molecular flexibility index (Phi) is 4.33. The highest BCUT2D eigenvalue weighted by atomic mass is 19.4. The van der Waals surface area contributed by atoms with Crippen molar-refractivity contribution < 1.29 is 22.7 Å².